The summed E-state index contributed by atoms with van der Waals surface area (Å²) in [6.45, 7) is 19.9. The summed E-state index contributed by atoms with van der Waals surface area (Å²) in [6, 6.07) is 3.93. The molecule has 0 saturated heterocycles. The van der Waals surface area contributed by atoms with Crippen molar-refractivity contribution in [1.82, 2.24) is 0 Å². The number of rotatable bonds is 10. The Bertz CT molecular complexity index is 236. The molecule has 0 spiro atoms. The molecule has 0 radical (unpaired) electrons. The quantitative estimate of drug-likeness (QED) is 0.404. The van der Waals surface area contributed by atoms with Crippen LogP contribution in [0.15, 0.2) is 50.6 Å². The van der Waals surface area contributed by atoms with Gasteiger partial charge < -0.3 is 4.12 Å². The van der Waals surface area contributed by atoms with Gasteiger partial charge in [0.15, 0.2) is 16.6 Å². The predicted octanol–water partition coefficient (Wildman–Crippen LogP) is 4.90. The Morgan fingerprint density at radius 1 is 0.706 bits per heavy atom. The molecule has 0 aromatic heterocycles. The number of hydrogen-bond donors (Lipinski definition) is 0. The van der Waals surface area contributed by atoms with E-state index in [9.17, 15) is 0 Å². The Morgan fingerprint density at radius 3 is 1.12 bits per heavy atom. The zero-order valence-corrected chi connectivity index (χ0v) is 13.4. The largest absolute Gasteiger partial charge is 0.454 e. The van der Waals surface area contributed by atoms with Crippen molar-refractivity contribution in [2.75, 3.05) is 0 Å². The van der Waals surface area contributed by atoms with E-state index in [-0.39, 0.29) is 0 Å². The van der Waals surface area contributed by atoms with E-state index in [0.717, 1.165) is 24.2 Å². The molecule has 0 N–H and O–H groups in total. The van der Waals surface area contributed by atoms with E-state index >= 15 is 0 Å². The van der Waals surface area contributed by atoms with Crippen LogP contribution >= 0.6 is 0 Å². The summed E-state index contributed by atoms with van der Waals surface area (Å²) in [5.74, 6) is 0. The third kappa shape index (κ3) is 6.00. The van der Waals surface area contributed by atoms with Gasteiger partial charge in [-0.3, -0.25) is 0 Å². The fourth-order valence-electron chi connectivity index (χ4n) is 2.15. The van der Waals surface area contributed by atoms with Gasteiger partial charge in [-0.25, -0.2) is 0 Å². The SMILES string of the molecule is C=CC[Si](C)(CC=C)O[Si](C)(CC=C)CC=C. The van der Waals surface area contributed by atoms with Crippen LogP contribution < -0.4 is 0 Å². The average molecular weight is 267 g/mol. The van der Waals surface area contributed by atoms with Gasteiger partial charge in [-0.2, -0.15) is 0 Å². The molecule has 0 amide bonds. The van der Waals surface area contributed by atoms with Crippen LogP contribution in [-0.2, 0) is 4.12 Å². The Hall–Kier alpha value is -0.646. The summed E-state index contributed by atoms with van der Waals surface area (Å²) < 4.78 is 6.58. The van der Waals surface area contributed by atoms with E-state index in [1.807, 2.05) is 24.3 Å². The first-order chi connectivity index (χ1) is 7.95. The molecule has 0 atom stereocenters. The summed E-state index contributed by atoms with van der Waals surface area (Å²) in [7, 11) is -3.46. The van der Waals surface area contributed by atoms with Crippen LogP contribution in [-0.4, -0.2) is 16.6 Å². The van der Waals surface area contributed by atoms with Crippen LogP contribution in [0.25, 0.3) is 0 Å². The van der Waals surface area contributed by atoms with Crippen LogP contribution in [0.2, 0.25) is 37.3 Å². The first-order valence-corrected chi connectivity index (χ1v) is 11.7. The molecule has 0 heterocycles. The average Bonchev–Trinajstić information content (AvgIpc) is 2.17. The van der Waals surface area contributed by atoms with Crippen molar-refractivity contribution in [2.45, 2.75) is 37.3 Å². The highest BCUT2D eigenvalue weighted by Crippen LogP contribution is 2.28. The molecular weight excluding hydrogens is 240 g/mol. The molecule has 0 bridgehead atoms. The second-order valence-electron chi connectivity index (χ2n) is 4.97. The first-order valence-electron chi connectivity index (χ1n) is 6.09. The van der Waals surface area contributed by atoms with E-state index in [0.29, 0.717) is 0 Å². The second kappa shape index (κ2) is 7.64. The minimum atomic E-state index is -1.73. The third-order valence-corrected chi connectivity index (χ3v) is 11.3. The number of allylic oxidation sites excluding steroid dienone is 4. The van der Waals surface area contributed by atoms with Crippen molar-refractivity contribution in [3.05, 3.63) is 50.6 Å². The van der Waals surface area contributed by atoms with E-state index < -0.39 is 16.6 Å². The van der Waals surface area contributed by atoms with E-state index in [4.69, 9.17) is 4.12 Å². The molecule has 0 saturated carbocycles. The fourth-order valence-corrected chi connectivity index (χ4v) is 11.0. The van der Waals surface area contributed by atoms with Crippen molar-refractivity contribution in [1.29, 1.82) is 0 Å². The minimum absolute atomic E-state index is 0.982. The molecule has 0 rings (SSSR count). The van der Waals surface area contributed by atoms with E-state index in [2.05, 4.69) is 39.4 Å². The topological polar surface area (TPSA) is 9.23 Å². The van der Waals surface area contributed by atoms with Gasteiger partial charge in [0.2, 0.25) is 0 Å². The maximum absolute atomic E-state index is 6.58. The molecule has 0 aliphatic carbocycles. The van der Waals surface area contributed by atoms with Gasteiger partial charge in [0.1, 0.15) is 0 Å². The molecular formula is C14H26OSi2. The molecule has 0 fully saturated rings. The lowest BCUT2D eigenvalue weighted by Gasteiger charge is -2.36. The van der Waals surface area contributed by atoms with Crippen LogP contribution in [0.5, 0.6) is 0 Å². The van der Waals surface area contributed by atoms with Crippen molar-refractivity contribution in [3.63, 3.8) is 0 Å². The van der Waals surface area contributed by atoms with Crippen LogP contribution in [0.3, 0.4) is 0 Å². The highest BCUT2D eigenvalue weighted by Gasteiger charge is 2.36. The maximum atomic E-state index is 6.58. The molecule has 96 valence electrons. The van der Waals surface area contributed by atoms with Crippen LogP contribution in [0, 0.1) is 0 Å². The zero-order valence-electron chi connectivity index (χ0n) is 11.4. The lowest BCUT2D eigenvalue weighted by molar-refractivity contribution is 0.537. The minimum Gasteiger partial charge on any atom is -0.454 e. The Balaban J connectivity index is 4.88. The second-order valence-corrected chi connectivity index (χ2v) is 13.2. The molecule has 0 aliphatic rings. The molecule has 0 unspecified atom stereocenters. The van der Waals surface area contributed by atoms with Gasteiger partial charge in [-0.1, -0.05) is 24.3 Å². The number of hydrogen-bond acceptors (Lipinski definition) is 1. The molecule has 0 aromatic carbocycles. The standard InChI is InChI=1S/C14H26OSi2/c1-7-11-16(5,12-8-2)15-17(6,13-9-3)14-10-4/h7-10H,1-4,11-14H2,5-6H3. The van der Waals surface area contributed by atoms with Crippen molar-refractivity contribution >= 4 is 16.6 Å². The summed E-state index contributed by atoms with van der Waals surface area (Å²) >= 11 is 0. The van der Waals surface area contributed by atoms with Gasteiger partial charge in [-0.05, 0) is 37.3 Å². The fraction of sp³-hybridized carbons (Fsp3) is 0.429. The highest BCUT2D eigenvalue weighted by atomic mass is 28.4. The summed E-state index contributed by atoms with van der Waals surface area (Å²) in [5.41, 5.74) is 0. The van der Waals surface area contributed by atoms with Crippen LogP contribution in [0.1, 0.15) is 0 Å². The normalized spacial score (nSPS) is 11.9. The Morgan fingerprint density at radius 2 is 0.941 bits per heavy atom. The van der Waals surface area contributed by atoms with Gasteiger partial charge >= 0.3 is 0 Å². The third-order valence-electron chi connectivity index (χ3n) is 2.80. The predicted molar refractivity (Wildman–Crippen MR) is 84.3 cm³/mol. The van der Waals surface area contributed by atoms with E-state index in [1.165, 1.54) is 0 Å². The zero-order chi connectivity index (χ0) is 13.4. The lowest BCUT2D eigenvalue weighted by atomic mass is 10.7. The Kier molecular flexibility index (Phi) is 7.35. The molecule has 3 heteroatoms. The molecule has 1 nitrogen and oxygen atoms in total. The molecule has 0 aromatic rings. The van der Waals surface area contributed by atoms with Crippen molar-refractivity contribution in [2.24, 2.45) is 0 Å². The lowest BCUT2D eigenvalue weighted by Crippen LogP contribution is -2.47. The van der Waals surface area contributed by atoms with E-state index in [1.54, 1.807) is 0 Å². The molecule has 0 aliphatic heterocycles. The Labute approximate surface area is 109 Å². The van der Waals surface area contributed by atoms with Gasteiger partial charge in [0.25, 0.3) is 0 Å². The van der Waals surface area contributed by atoms with Gasteiger partial charge in [0, 0.05) is 0 Å². The van der Waals surface area contributed by atoms with Crippen molar-refractivity contribution < 1.29 is 4.12 Å². The summed E-state index contributed by atoms with van der Waals surface area (Å²) in [6.07, 6.45) is 7.91. The monoisotopic (exact) mass is 266 g/mol. The van der Waals surface area contributed by atoms with Gasteiger partial charge in [-0.15, -0.1) is 26.3 Å². The summed E-state index contributed by atoms with van der Waals surface area (Å²) in [5, 5.41) is 0. The highest BCUT2D eigenvalue weighted by molar-refractivity contribution is 6.86. The smallest absolute Gasteiger partial charge is 0.184 e. The van der Waals surface area contributed by atoms with Crippen LogP contribution in [0.4, 0.5) is 0 Å². The first kappa shape index (κ1) is 16.4. The molecule has 17 heavy (non-hydrogen) atoms. The van der Waals surface area contributed by atoms with Crippen molar-refractivity contribution in [3.8, 4) is 0 Å². The van der Waals surface area contributed by atoms with Gasteiger partial charge in [0.05, 0.1) is 0 Å². The maximum Gasteiger partial charge on any atom is 0.184 e. The summed E-state index contributed by atoms with van der Waals surface area (Å²) in [4.78, 5) is 0.